The van der Waals surface area contributed by atoms with Crippen molar-refractivity contribution in [2.75, 3.05) is 0 Å². The van der Waals surface area contributed by atoms with E-state index in [1.165, 1.54) is 6.07 Å². The lowest BCUT2D eigenvalue weighted by Crippen LogP contribution is -2.13. The maximum Gasteiger partial charge on any atom is 0.419 e. The molecule has 1 rings (SSSR count). The molecule has 6 heteroatoms. The van der Waals surface area contributed by atoms with Gasteiger partial charge in [0.15, 0.2) is 0 Å². The number of rotatable bonds is 4. The molecule has 0 aliphatic carbocycles. The Hall–Kier alpha value is -0.810. The summed E-state index contributed by atoms with van der Waals surface area (Å²) in [7, 11) is 0. The van der Waals surface area contributed by atoms with E-state index in [9.17, 15) is 17.6 Å². The van der Waals surface area contributed by atoms with Crippen LogP contribution < -0.4 is 5.73 Å². The van der Waals surface area contributed by atoms with Crippen LogP contribution in [0.25, 0.3) is 0 Å². The Morgan fingerprint density at radius 3 is 2.33 bits per heavy atom. The van der Waals surface area contributed by atoms with Crippen molar-refractivity contribution in [1.29, 1.82) is 0 Å². The van der Waals surface area contributed by atoms with Crippen molar-refractivity contribution in [3.05, 3.63) is 35.1 Å². The first-order valence-corrected chi connectivity index (χ1v) is 5.48. The molecule has 0 fully saturated rings. The van der Waals surface area contributed by atoms with Gasteiger partial charge in [-0.3, -0.25) is 0 Å². The van der Waals surface area contributed by atoms with Crippen molar-refractivity contribution in [2.45, 2.75) is 38.4 Å². The average molecular weight is 286 g/mol. The van der Waals surface area contributed by atoms with Gasteiger partial charge in [0.05, 0.1) is 5.56 Å². The minimum absolute atomic E-state index is 0. The van der Waals surface area contributed by atoms with E-state index in [4.69, 9.17) is 5.73 Å². The first-order chi connectivity index (χ1) is 7.86. The number of halogens is 5. The lowest BCUT2D eigenvalue weighted by molar-refractivity contribution is -0.140. The second-order valence-electron chi connectivity index (χ2n) is 3.99. The summed E-state index contributed by atoms with van der Waals surface area (Å²) in [6, 6.07) is 2.46. The highest BCUT2D eigenvalue weighted by molar-refractivity contribution is 5.85. The Morgan fingerprint density at radius 2 is 1.89 bits per heavy atom. The van der Waals surface area contributed by atoms with Gasteiger partial charge in [0, 0.05) is 6.04 Å². The molecule has 0 saturated heterocycles. The summed E-state index contributed by atoms with van der Waals surface area (Å²) < 4.78 is 50.2. The summed E-state index contributed by atoms with van der Waals surface area (Å²) in [5, 5.41) is 0. The Bertz CT molecular complexity index is 379. The quantitative estimate of drug-likeness (QED) is 0.812. The number of hydrogen-bond acceptors (Lipinski definition) is 1. The third kappa shape index (κ3) is 4.46. The largest absolute Gasteiger partial charge is 0.419 e. The zero-order chi connectivity index (χ0) is 13.1. The van der Waals surface area contributed by atoms with E-state index in [1.807, 2.05) is 6.92 Å². The van der Waals surface area contributed by atoms with Gasteiger partial charge in [-0.25, -0.2) is 4.39 Å². The molecule has 0 aliphatic heterocycles. The molecular weight excluding hydrogens is 270 g/mol. The van der Waals surface area contributed by atoms with Crippen molar-refractivity contribution < 1.29 is 17.6 Å². The summed E-state index contributed by atoms with van der Waals surface area (Å²) in [6.07, 6.45) is -2.21. The number of unbranched alkanes of at least 4 members (excludes halogenated alkanes) is 1. The summed E-state index contributed by atoms with van der Waals surface area (Å²) >= 11 is 0. The van der Waals surface area contributed by atoms with Crippen LogP contribution in [0.3, 0.4) is 0 Å². The highest BCUT2D eigenvalue weighted by Gasteiger charge is 2.34. The number of alkyl halides is 3. The SMILES string of the molecule is CCCC[C@H](N)c1ccc(C(F)(F)F)c(F)c1.Cl. The molecule has 0 heterocycles. The van der Waals surface area contributed by atoms with E-state index in [0.29, 0.717) is 12.0 Å². The van der Waals surface area contributed by atoms with E-state index in [-0.39, 0.29) is 12.4 Å². The summed E-state index contributed by atoms with van der Waals surface area (Å²) in [6.45, 7) is 1.99. The molecule has 1 aromatic carbocycles. The Morgan fingerprint density at radius 1 is 1.28 bits per heavy atom. The average Bonchev–Trinajstić information content (AvgIpc) is 2.23. The van der Waals surface area contributed by atoms with Gasteiger partial charge in [-0.2, -0.15) is 13.2 Å². The molecule has 0 spiro atoms. The fourth-order valence-electron chi connectivity index (χ4n) is 1.58. The van der Waals surface area contributed by atoms with Crippen LogP contribution in [0.4, 0.5) is 17.6 Å². The van der Waals surface area contributed by atoms with Gasteiger partial charge in [-0.05, 0) is 24.1 Å². The standard InChI is InChI=1S/C12H15F4N.ClH/c1-2-3-4-11(17)8-5-6-9(10(13)7-8)12(14,15)16;/h5-7,11H,2-4,17H2,1H3;1H/t11-;/m0./s1. The number of hydrogen-bond donors (Lipinski definition) is 1. The van der Waals surface area contributed by atoms with Crippen LogP contribution in [0.5, 0.6) is 0 Å². The smallest absolute Gasteiger partial charge is 0.324 e. The van der Waals surface area contributed by atoms with Gasteiger partial charge in [0.2, 0.25) is 0 Å². The number of nitrogens with two attached hydrogens (primary N) is 1. The Labute approximate surface area is 110 Å². The Kier molecular flexibility index (Phi) is 6.63. The van der Waals surface area contributed by atoms with Crippen LogP contribution in [0.2, 0.25) is 0 Å². The normalized spacial score (nSPS) is 13.0. The summed E-state index contributed by atoms with van der Waals surface area (Å²) in [4.78, 5) is 0. The van der Waals surface area contributed by atoms with Gasteiger partial charge in [0.25, 0.3) is 0 Å². The van der Waals surface area contributed by atoms with E-state index in [0.717, 1.165) is 25.0 Å². The first kappa shape index (κ1) is 17.2. The third-order valence-corrected chi connectivity index (χ3v) is 2.60. The van der Waals surface area contributed by atoms with Gasteiger partial charge < -0.3 is 5.73 Å². The molecule has 0 amide bonds. The monoisotopic (exact) mass is 285 g/mol. The molecule has 1 nitrogen and oxygen atoms in total. The third-order valence-electron chi connectivity index (χ3n) is 2.60. The Balaban J connectivity index is 0.00000289. The van der Waals surface area contributed by atoms with Crippen LogP contribution in [0.1, 0.15) is 43.4 Å². The zero-order valence-electron chi connectivity index (χ0n) is 9.93. The molecule has 0 unspecified atom stereocenters. The predicted molar refractivity (Wildman–Crippen MR) is 65.1 cm³/mol. The summed E-state index contributed by atoms with van der Waals surface area (Å²) in [5.41, 5.74) is 4.92. The van der Waals surface area contributed by atoms with Gasteiger partial charge in [-0.15, -0.1) is 12.4 Å². The minimum Gasteiger partial charge on any atom is -0.324 e. The van der Waals surface area contributed by atoms with Crippen LogP contribution in [-0.4, -0.2) is 0 Å². The van der Waals surface area contributed by atoms with Crippen molar-refractivity contribution in [1.82, 2.24) is 0 Å². The lowest BCUT2D eigenvalue weighted by Gasteiger charge is -2.14. The molecule has 0 aromatic heterocycles. The van der Waals surface area contributed by atoms with Crippen LogP contribution in [-0.2, 0) is 6.18 Å². The molecule has 0 bridgehead atoms. The van der Waals surface area contributed by atoms with E-state index in [2.05, 4.69) is 0 Å². The molecule has 1 atom stereocenters. The van der Waals surface area contributed by atoms with E-state index in [1.54, 1.807) is 0 Å². The van der Waals surface area contributed by atoms with E-state index >= 15 is 0 Å². The molecule has 104 valence electrons. The van der Waals surface area contributed by atoms with Gasteiger partial charge in [0.1, 0.15) is 5.82 Å². The predicted octanol–water partition coefficient (Wildman–Crippen LogP) is 4.46. The second-order valence-corrected chi connectivity index (χ2v) is 3.99. The molecule has 1 aromatic rings. The van der Waals surface area contributed by atoms with Crippen LogP contribution in [0, 0.1) is 5.82 Å². The lowest BCUT2D eigenvalue weighted by atomic mass is 10.0. The molecule has 18 heavy (non-hydrogen) atoms. The second kappa shape index (κ2) is 6.95. The minimum atomic E-state index is -4.66. The fraction of sp³-hybridized carbons (Fsp3) is 0.500. The number of benzene rings is 1. The highest BCUT2D eigenvalue weighted by atomic mass is 35.5. The van der Waals surface area contributed by atoms with Gasteiger partial charge in [-0.1, -0.05) is 25.8 Å². The fourth-order valence-corrected chi connectivity index (χ4v) is 1.58. The van der Waals surface area contributed by atoms with Crippen molar-refractivity contribution >= 4 is 12.4 Å². The first-order valence-electron chi connectivity index (χ1n) is 5.48. The van der Waals surface area contributed by atoms with Crippen molar-refractivity contribution in [2.24, 2.45) is 5.73 Å². The maximum absolute atomic E-state index is 13.3. The molecule has 0 aliphatic rings. The van der Waals surface area contributed by atoms with E-state index < -0.39 is 23.6 Å². The molecule has 2 N–H and O–H groups in total. The maximum atomic E-state index is 13.3. The zero-order valence-corrected chi connectivity index (χ0v) is 10.7. The topological polar surface area (TPSA) is 26.0 Å². The van der Waals surface area contributed by atoms with Crippen molar-refractivity contribution in [3.8, 4) is 0 Å². The molecular formula is C12H16ClF4N. The van der Waals surface area contributed by atoms with Gasteiger partial charge >= 0.3 is 6.18 Å². The molecule has 0 radical (unpaired) electrons. The summed E-state index contributed by atoms with van der Waals surface area (Å²) in [5.74, 6) is -1.26. The highest BCUT2D eigenvalue weighted by Crippen LogP contribution is 2.32. The van der Waals surface area contributed by atoms with Crippen LogP contribution >= 0.6 is 12.4 Å². The van der Waals surface area contributed by atoms with Crippen LogP contribution in [0.15, 0.2) is 18.2 Å². The molecule has 0 saturated carbocycles. The van der Waals surface area contributed by atoms with Crippen molar-refractivity contribution in [3.63, 3.8) is 0 Å².